The van der Waals surface area contributed by atoms with E-state index in [-0.39, 0.29) is 54.0 Å². The van der Waals surface area contributed by atoms with Gasteiger partial charge in [0.05, 0.1) is 0 Å². The molecule has 1 aliphatic heterocycles. The molecule has 0 aromatic heterocycles. The van der Waals surface area contributed by atoms with Crippen molar-refractivity contribution >= 4 is 38.2 Å². The predicted octanol–water partition coefficient (Wildman–Crippen LogP) is 7.21. The third-order valence-electron chi connectivity index (χ3n) is 11.5. The van der Waals surface area contributed by atoms with Crippen molar-refractivity contribution in [2.75, 3.05) is 0 Å². The quantitative estimate of drug-likeness (QED) is 0.158. The van der Waals surface area contributed by atoms with Crippen LogP contribution in [0.15, 0.2) is 60.7 Å². The Balaban J connectivity index is 0.00000392. The molecule has 54 heavy (non-hydrogen) atoms. The number of nitrogens with zero attached hydrogens (tertiary/aromatic N) is 2. The van der Waals surface area contributed by atoms with Gasteiger partial charge in [-0.25, -0.2) is 0 Å². The molecule has 1 aliphatic rings. The van der Waals surface area contributed by atoms with Gasteiger partial charge < -0.3 is 14.7 Å². The molecule has 7 heteroatoms. The molecule has 0 saturated carbocycles. The largest absolute Gasteiger partial charge is 1.00 e. The van der Waals surface area contributed by atoms with Gasteiger partial charge >= 0.3 is 37.7 Å². The number of benzene rings is 4. The molecule has 0 saturated heterocycles. The molecule has 0 N–H and O–H groups in total. The number of rotatable bonds is 10. The maximum Gasteiger partial charge on any atom is 1.00 e. The Labute approximate surface area is 356 Å². The average molecular weight is 745 g/mol. The normalized spacial score (nSPS) is 13.9. The molecule has 0 fully saturated rings. The first-order valence-electron chi connectivity index (χ1n) is 19.8. The van der Waals surface area contributed by atoms with Crippen molar-refractivity contribution in [3.8, 4) is 11.5 Å². The van der Waals surface area contributed by atoms with Crippen LogP contribution in [0.2, 0.25) is 26.2 Å². The van der Waals surface area contributed by atoms with Crippen LogP contribution in [0.5, 0.6) is 11.5 Å². The summed E-state index contributed by atoms with van der Waals surface area (Å²) in [5.74, 6) is 2.05. The molecule has 0 radical (unpaired) electrons. The molecule has 5 rings (SSSR count). The van der Waals surface area contributed by atoms with Crippen molar-refractivity contribution < 1.29 is 42.5 Å². The number of fused-ring (bicyclic) bond motifs is 2. The van der Waals surface area contributed by atoms with Crippen LogP contribution in [0.25, 0.3) is 9.96 Å². The molecule has 280 valence electrons. The summed E-state index contributed by atoms with van der Waals surface area (Å²) in [6.45, 7) is 37.5. The van der Waals surface area contributed by atoms with Crippen LogP contribution < -0.4 is 52.8 Å². The fourth-order valence-corrected chi connectivity index (χ4v) is 12.3. The SMILES string of the molecule is CCc1cccc(CC)c1[N-][Si](C)(C)c1cc(C(C)(C)C)cc2c1Oc1c(cc(C(C)(C)C)cc1[Si](C)(C)[N-]c1c(CC)cccc1CC)C2(C)C.[Li+].[Li+]. The van der Waals surface area contributed by atoms with Crippen molar-refractivity contribution in [3.63, 3.8) is 0 Å². The van der Waals surface area contributed by atoms with Crippen molar-refractivity contribution in [3.05, 3.63) is 115 Å². The van der Waals surface area contributed by atoms with E-state index in [2.05, 4.69) is 170 Å². The molecule has 3 nitrogen and oxygen atoms in total. The minimum atomic E-state index is -2.49. The van der Waals surface area contributed by atoms with E-state index in [9.17, 15) is 0 Å². The summed E-state index contributed by atoms with van der Waals surface area (Å²) in [6.07, 6.45) is 3.88. The van der Waals surface area contributed by atoms with Gasteiger partial charge in [-0.15, -0.1) is 11.4 Å². The number of ether oxygens (including phenoxy) is 1. The van der Waals surface area contributed by atoms with E-state index in [1.54, 1.807) is 0 Å². The minimum absolute atomic E-state index is 0. The summed E-state index contributed by atoms with van der Waals surface area (Å²) in [6, 6.07) is 23.2. The van der Waals surface area contributed by atoms with Crippen LogP contribution in [-0.4, -0.2) is 16.5 Å². The predicted molar refractivity (Wildman–Crippen MR) is 233 cm³/mol. The summed E-state index contributed by atoms with van der Waals surface area (Å²) in [7, 11) is -4.98. The Morgan fingerprint density at radius 2 is 0.833 bits per heavy atom. The van der Waals surface area contributed by atoms with Gasteiger partial charge in [0.2, 0.25) is 0 Å². The summed E-state index contributed by atoms with van der Waals surface area (Å²) in [4.78, 5) is 11.6. The Morgan fingerprint density at radius 3 is 1.09 bits per heavy atom. The average Bonchev–Trinajstić information content (AvgIpc) is 3.06. The standard InChI is InChI=1S/C47H66N2OSi2.2Li/c1-17-31-23-21-24-32(18-2)41(31)48-51(13,14)39-29-35(45(5,6)7)27-37-43(39)50-44-38(47(37,11)12)28-36(46(8,9)10)30-40(44)52(15,16)49-42-33(19-3)25-22-26-34(42)20-4;;/h21-30H,17-20H2,1-16H3;;/q-2;2*+1. The summed E-state index contributed by atoms with van der Waals surface area (Å²) >= 11 is 0. The van der Waals surface area contributed by atoms with Crippen molar-refractivity contribution in [1.82, 2.24) is 0 Å². The van der Waals surface area contributed by atoms with Crippen molar-refractivity contribution in [1.29, 1.82) is 0 Å². The van der Waals surface area contributed by atoms with Crippen LogP contribution in [0.3, 0.4) is 0 Å². The zero-order valence-corrected chi connectivity index (χ0v) is 39.4. The van der Waals surface area contributed by atoms with E-state index in [1.165, 1.54) is 66.3 Å². The molecule has 0 amide bonds. The zero-order chi connectivity index (χ0) is 38.6. The topological polar surface area (TPSA) is 37.4 Å². The van der Waals surface area contributed by atoms with Crippen molar-refractivity contribution in [2.45, 2.75) is 151 Å². The fraction of sp³-hybridized carbons (Fsp3) is 0.489. The fourth-order valence-electron chi connectivity index (χ4n) is 7.83. The molecular weight excluding hydrogens is 679 g/mol. The van der Waals surface area contributed by atoms with E-state index in [0.717, 1.165) is 37.2 Å². The van der Waals surface area contributed by atoms with Crippen LogP contribution in [0.1, 0.15) is 128 Å². The second kappa shape index (κ2) is 16.8. The third-order valence-corrected chi connectivity index (χ3v) is 16.4. The van der Waals surface area contributed by atoms with Crippen LogP contribution >= 0.6 is 0 Å². The van der Waals surface area contributed by atoms with Crippen LogP contribution in [0, 0.1) is 0 Å². The van der Waals surface area contributed by atoms with Gasteiger partial charge in [-0.1, -0.05) is 192 Å². The second-order valence-electron chi connectivity index (χ2n) is 18.6. The van der Waals surface area contributed by atoms with E-state index < -0.39 is 16.5 Å². The molecule has 0 atom stereocenters. The summed E-state index contributed by atoms with van der Waals surface area (Å²) < 4.78 is 7.53. The molecule has 0 aliphatic carbocycles. The van der Waals surface area contributed by atoms with E-state index in [1.807, 2.05) is 0 Å². The van der Waals surface area contributed by atoms with Gasteiger partial charge in [-0.05, 0) is 74.5 Å². The molecule has 4 aromatic carbocycles. The number of aryl methyl sites for hydroxylation is 4. The smallest absolute Gasteiger partial charge is 0.683 e. The van der Waals surface area contributed by atoms with Gasteiger partial charge in [-0.2, -0.15) is 0 Å². The Morgan fingerprint density at radius 1 is 0.537 bits per heavy atom. The number of hydrogen-bond donors (Lipinski definition) is 0. The third kappa shape index (κ3) is 8.89. The van der Waals surface area contributed by atoms with Gasteiger partial charge in [0, 0.05) is 16.5 Å². The zero-order valence-electron chi connectivity index (χ0n) is 37.4. The first-order valence-corrected chi connectivity index (χ1v) is 25.7. The Bertz CT molecular complexity index is 1780. The molecule has 0 bridgehead atoms. The summed E-state index contributed by atoms with van der Waals surface area (Å²) in [5.41, 5.74) is 12.6. The van der Waals surface area contributed by atoms with Gasteiger partial charge in [0.1, 0.15) is 11.5 Å². The van der Waals surface area contributed by atoms with Crippen LogP contribution in [-0.2, 0) is 41.9 Å². The van der Waals surface area contributed by atoms with E-state index >= 15 is 0 Å². The molecule has 4 aromatic rings. The molecule has 0 unspecified atom stereocenters. The van der Waals surface area contributed by atoms with Crippen molar-refractivity contribution in [2.24, 2.45) is 0 Å². The maximum atomic E-state index is 7.53. The maximum absolute atomic E-state index is 7.53. The molecular formula is C47H66Li2N2OSi2. The Kier molecular flexibility index (Phi) is 14.4. The first kappa shape index (κ1) is 46.3. The van der Waals surface area contributed by atoms with E-state index in [0.29, 0.717) is 0 Å². The first-order chi connectivity index (χ1) is 24.1. The summed E-state index contributed by atoms with van der Waals surface area (Å²) in [5, 5.41) is 2.57. The van der Waals surface area contributed by atoms with Crippen LogP contribution in [0.4, 0.5) is 11.4 Å². The number of hydrogen-bond acceptors (Lipinski definition) is 1. The minimum Gasteiger partial charge on any atom is -0.683 e. The van der Waals surface area contributed by atoms with Gasteiger partial charge in [-0.3, -0.25) is 0 Å². The second-order valence-corrected chi connectivity index (χ2v) is 26.4. The van der Waals surface area contributed by atoms with Gasteiger partial charge in [0.25, 0.3) is 0 Å². The molecule has 0 spiro atoms. The molecule has 1 heterocycles. The van der Waals surface area contributed by atoms with Gasteiger partial charge in [0.15, 0.2) is 0 Å². The van der Waals surface area contributed by atoms with E-state index in [4.69, 9.17) is 14.7 Å². The Hall–Kier alpha value is -2.09. The monoisotopic (exact) mass is 745 g/mol.